The number of thioether (sulfide) groups is 2. The van der Waals surface area contributed by atoms with Crippen LogP contribution in [0.1, 0.15) is 19.0 Å². The number of hydrogen-bond donors (Lipinski definition) is 2. The number of rotatable bonds is 8. The number of nitrogens with one attached hydrogen (secondary N) is 2. The van der Waals surface area contributed by atoms with Gasteiger partial charge in [0.05, 0.1) is 11.4 Å². The number of aromatic amines is 1. The Labute approximate surface area is 166 Å². The molecule has 0 radical (unpaired) electrons. The zero-order chi connectivity index (χ0) is 19.1. The minimum atomic E-state index is -0.186. The van der Waals surface area contributed by atoms with Gasteiger partial charge in [0.2, 0.25) is 5.91 Å². The molecule has 0 aliphatic rings. The first kappa shape index (κ1) is 19.5. The topological polar surface area (TPSA) is 74.8 Å². The van der Waals surface area contributed by atoms with E-state index in [2.05, 4.69) is 22.2 Å². The summed E-state index contributed by atoms with van der Waals surface area (Å²) < 4.78 is 0. The number of fused-ring (bicyclic) bond motifs is 1. The summed E-state index contributed by atoms with van der Waals surface area (Å²) in [5.41, 5.74) is 1.34. The lowest BCUT2D eigenvalue weighted by molar-refractivity contribution is -0.113. The van der Waals surface area contributed by atoms with Crippen molar-refractivity contribution in [3.63, 3.8) is 0 Å². The Kier molecular flexibility index (Phi) is 6.95. The van der Waals surface area contributed by atoms with Crippen LogP contribution in [0.3, 0.4) is 0 Å². The molecule has 2 aromatic carbocycles. The smallest absolute Gasteiger partial charge is 0.251 e. The molecule has 0 saturated carbocycles. The lowest BCUT2D eigenvalue weighted by Gasteiger charge is -2.09. The highest BCUT2D eigenvalue weighted by atomic mass is 32.2. The second kappa shape index (κ2) is 9.62. The van der Waals surface area contributed by atoms with Crippen LogP contribution in [0.2, 0.25) is 0 Å². The summed E-state index contributed by atoms with van der Waals surface area (Å²) in [6.07, 6.45) is 1.09. The maximum Gasteiger partial charge on any atom is 0.251 e. The van der Waals surface area contributed by atoms with Gasteiger partial charge in [-0.25, -0.2) is 4.98 Å². The van der Waals surface area contributed by atoms with E-state index < -0.39 is 0 Å². The van der Waals surface area contributed by atoms with Crippen LogP contribution in [0.5, 0.6) is 0 Å². The molecule has 0 atom stereocenters. The van der Waals surface area contributed by atoms with Crippen LogP contribution >= 0.6 is 23.5 Å². The maximum atomic E-state index is 12.4. The highest BCUT2D eigenvalue weighted by Crippen LogP contribution is 2.23. The van der Waals surface area contributed by atoms with Crippen molar-refractivity contribution in [2.45, 2.75) is 24.3 Å². The summed E-state index contributed by atoms with van der Waals surface area (Å²) in [7, 11) is 0. The third kappa shape index (κ3) is 5.61. The van der Waals surface area contributed by atoms with Crippen LogP contribution < -0.4 is 10.9 Å². The summed E-state index contributed by atoms with van der Waals surface area (Å²) in [6.45, 7) is 2.12. The van der Waals surface area contributed by atoms with Crippen LogP contribution in [-0.4, -0.2) is 27.4 Å². The molecule has 140 valence electrons. The molecule has 0 saturated heterocycles. The van der Waals surface area contributed by atoms with Gasteiger partial charge in [0.1, 0.15) is 0 Å². The number of hydrogen-bond acceptors (Lipinski definition) is 5. The second-order valence-corrected chi connectivity index (χ2v) is 8.03. The van der Waals surface area contributed by atoms with Crippen molar-refractivity contribution < 1.29 is 4.79 Å². The maximum absolute atomic E-state index is 12.4. The van der Waals surface area contributed by atoms with Gasteiger partial charge in [0.15, 0.2) is 5.16 Å². The first-order valence-electron chi connectivity index (χ1n) is 8.74. The predicted molar refractivity (Wildman–Crippen MR) is 115 cm³/mol. The van der Waals surface area contributed by atoms with E-state index >= 15 is 0 Å². The number of carbonyl (C=O) groups is 1. The molecule has 3 aromatic rings. The molecule has 7 heteroatoms. The molecule has 0 aliphatic heterocycles. The summed E-state index contributed by atoms with van der Waals surface area (Å²) in [4.78, 5) is 31.3. The van der Waals surface area contributed by atoms with E-state index in [9.17, 15) is 9.59 Å². The standard InChI is InChI=1S/C20H21N3O2S2/c1-2-10-26-12-15-11-18(24)23-20(21-15)27-13-19(25)22-17-9-5-7-14-6-3-4-8-16(14)17/h3-9,11H,2,10,12-13H2,1H3,(H,22,25)(H,21,23,24). The second-order valence-electron chi connectivity index (χ2n) is 5.96. The molecule has 0 spiro atoms. The number of aromatic nitrogens is 2. The van der Waals surface area contributed by atoms with Crippen molar-refractivity contribution in [2.75, 3.05) is 16.8 Å². The Morgan fingerprint density at radius 2 is 2.00 bits per heavy atom. The SMILES string of the molecule is CCCSCc1cc(=O)[nH]c(SCC(=O)Nc2cccc3ccccc23)n1. The molecular weight excluding hydrogens is 378 g/mol. The van der Waals surface area contributed by atoms with Crippen LogP contribution in [0.4, 0.5) is 5.69 Å². The molecule has 0 unspecified atom stereocenters. The van der Waals surface area contributed by atoms with Gasteiger partial charge in [-0.15, -0.1) is 0 Å². The average molecular weight is 400 g/mol. The van der Waals surface area contributed by atoms with E-state index in [-0.39, 0.29) is 17.2 Å². The van der Waals surface area contributed by atoms with Crippen LogP contribution in [0, 0.1) is 0 Å². The summed E-state index contributed by atoms with van der Waals surface area (Å²) in [5, 5.41) is 5.49. The Balaban J connectivity index is 1.63. The molecule has 27 heavy (non-hydrogen) atoms. The fraction of sp³-hybridized carbons (Fsp3) is 0.250. The summed E-state index contributed by atoms with van der Waals surface area (Å²) in [6, 6.07) is 15.2. The van der Waals surface area contributed by atoms with Crippen molar-refractivity contribution in [1.29, 1.82) is 0 Å². The minimum Gasteiger partial charge on any atom is -0.325 e. The van der Waals surface area contributed by atoms with E-state index in [0.29, 0.717) is 10.9 Å². The zero-order valence-corrected chi connectivity index (χ0v) is 16.7. The van der Waals surface area contributed by atoms with Gasteiger partial charge in [0, 0.05) is 22.9 Å². The number of anilines is 1. The monoisotopic (exact) mass is 399 g/mol. The normalized spacial score (nSPS) is 10.9. The Bertz CT molecular complexity index is 983. The molecule has 1 heterocycles. The van der Waals surface area contributed by atoms with E-state index in [4.69, 9.17) is 0 Å². The highest BCUT2D eigenvalue weighted by molar-refractivity contribution is 7.99. The van der Waals surface area contributed by atoms with E-state index in [1.54, 1.807) is 11.8 Å². The number of benzene rings is 2. The van der Waals surface area contributed by atoms with Crippen molar-refractivity contribution in [1.82, 2.24) is 9.97 Å². The molecule has 1 amide bonds. The zero-order valence-electron chi connectivity index (χ0n) is 15.0. The predicted octanol–water partition coefficient (Wildman–Crippen LogP) is 4.30. The van der Waals surface area contributed by atoms with Crippen molar-refractivity contribution >= 4 is 45.9 Å². The van der Waals surface area contributed by atoms with Crippen LogP contribution in [0.15, 0.2) is 58.5 Å². The van der Waals surface area contributed by atoms with E-state index in [1.165, 1.54) is 17.8 Å². The van der Waals surface area contributed by atoms with Crippen LogP contribution in [-0.2, 0) is 10.5 Å². The van der Waals surface area contributed by atoms with Gasteiger partial charge >= 0.3 is 0 Å². The van der Waals surface area contributed by atoms with Crippen molar-refractivity contribution in [2.24, 2.45) is 0 Å². The fourth-order valence-electron chi connectivity index (χ4n) is 2.60. The number of amides is 1. The lowest BCUT2D eigenvalue weighted by atomic mass is 10.1. The molecular formula is C20H21N3O2S2. The van der Waals surface area contributed by atoms with Crippen molar-refractivity contribution in [3.8, 4) is 0 Å². The van der Waals surface area contributed by atoms with Gasteiger partial charge in [-0.3, -0.25) is 9.59 Å². The van der Waals surface area contributed by atoms with Crippen molar-refractivity contribution in [3.05, 3.63) is 64.6 Å². The highest BCUT2D eigenvalue weighted by Gasteiger charge is 2.09. The lowest BCUT2D eigenvalue weighted by Crippen LogP contribution is -2.16. The van der Waals surface area contributed by atoms with Gasteiger partial charge < -0.3 is 10.3 Å². The Morgan fingerprint density at radius 1 is 1.19 bits per heavy atom. The number of nitrogens with zero attached hydrogens (tertiary/aromatic N) is 1. The van der Waals surface area contributed by atoms with E-state index in [0.717, 1.165) is 34.3 Å². The van der Waals surface area contributed by atoms with Gasteiger partial charge in [0.25, 0.3) is 5.56 Å². The summed E-state index contributed by atoms with van der Waals surface area (Å²) >= 11 is 2.98. The number of H-pyrrole nitrogens is 1. The molecule has 0 bridgehead atoms. The number of carbonyl (C=O) groups excluding carboxylic acids is 1. The van der Waals surface area contributed by atoms with E-state index in [1.807, 2.05) is 42.5 Å². The third-order valence-electron chi connectivity index (χ3n) is 3.78. The average Bonchev–Trinajstić information content (AvgIpc) is 2.67. The first-order valence-corrected chi connectivity index (χ1v) is 10.9. The third-order valence-corrected chi connectivity index (χ3v) is 5.85. The Morgan fingerprint density at radius 3 is 2.85 bits per heavy atom. The fourth-order valence-corrected chi connectivity index (χ4v) is 4.09. The molecule has 3 rings (SSSR count). The molecule has 0 fully saturated rings. The van der Waals surface area contributed by atoms with Gasteiger partial charge in [-0.1, -0.05) is 55.1 Å². The minimum absolute atomic E-state index is 0.134. The molecule has 5 nitrogen and oxygen atoms in total. The van der Waals surface area contributed by atoms with Gasteiger partial charge in [-0.2, -0.15) is 11.8 Å². The largest absolute Gasteiger partial charge is 0.325 e. The van der Waals surface area contributed by atoms with Crippen LogP contribution in [0.25, 0.3) is 10.8 Å². The quantitative estimate of drug-likeness (QED) is 0.336. The molecule has 2 N–H and O–H groups in total. The molecule has 0 aliphatic carbocycles. The Hall–Kier alpha value is -2.25. The summed E-state index contributed by atoms with van der Waals surface area (Å²) in [5.74, 6) is 1.78. The molecule has 1 aromatic heterocycles. The first-order chi connectivity index (χ1) is 13.2. The van der Waals surface area contributed by atoms with Gasteiger partial charge in [-0.05, 0) is 23.6 Å².